The minimum absolute atomic E-state index is 0.127. The molecule has 0 aromatic heterocycles. The van der Waals surface area contributed by atoms with Gasteiger partial charge in [0.05, 0.1) is 16.8 Å². The third-order valence-corrected chi connectivity index (χ3v) is 4.41. The summed E-state index contributed by atoms with van der Waals surface area (Å²) in [6, 6.07) is 0.127. The third kappa shape index (κ3) is 5.29. The average molecular weight is 279 g/mol. The summed E-state index contributed by atoms with van der Waals surface area (Å²) in [4.78, 5) is 4.93. The predicted octanol–water partition coefficient (Wildman–Crippen LogP) is -0.677. The van der Waals surface area contributed by atoms with Gasteiger partial charge in [-0.25, -0.2) is 8.42 Å². The Bertz CT molecular complexity index is 362. The Kier molecular flexibility index (Phi) is 5.30. The summed E-state index contributed by atoms with van der Waals surface area (Å²) < 4.78 is 22.1. The molecule has 1 aliphatic rings. The molecule has 1 aliphatic heterocycles. The van der Waals surface area contributed by atoms with E-state index in [2.05, 4.69) is 9.80 Å². The van der Waals surface area contributed by atoms with Crippen molar-refractivity contribution in [1.29, 1.82) is 0 Å². The molecule has 0 bridgehead atoms. The number of sulfone groups is 1. The molecule has 1 atom stereocenters. The minimum Gasteiger partial charge on any atom is -0.392 e. The molecule has 1 rings (SSSR count). The number of hydrogen-bond donors (Lipinski definition) is 1. The van der Waals surface area contributed by atoms with Gasteiger partial charge in [0, 0.05) is 39.0 Å². The third-order valence-electron chi connectivity index (χ3n) is 3.14. The van der Waals surface area contributed by atoms with Crippen LogP contribution in [0.25, 0.3) is 0 Å². The number of piperazine rings is 1. The molecule has 0 aliphatic carbocycles. The molecule has 5 nitrogen and oxygen atoms in total. The van der Waals surface area contributed by atoms with Gasteiger partial charge < -0.3 is 5.73 Å². The molecule has 7 heteroatoms. The van der Waals surface area contributed by atoms with Crippen molar-refractivity contribution in [3.63, 3.8) is 0 Å². The molecule has 0 aromatic carbocycles. The highest BCUT2D eigenvalue weighted by Crippen LogP contribution is 2.06. The van der Waals surface area contributed by atoms with E-state index in [9.17, 15) is 8.42 Å². The highest BCUT2D eigenvalue weighted by molar-refractivity contribution is 7.90. The van der Waals surface area contributed by atoms with Crippen LogP contribution in [-0.2, 0) is 9.84 Å². The van der Waals surface area contributed by atoms with Crippen LogP contribution < -0.4 is 5.73 Å². The molecule has 0 spiro atoms. The molecule has 1 heterocycles. The first-order valence-electron chi connectivity index (χ1n) is 5.73. The monoisotopic (exact) mass is 279 g/mol. The first kappa shape index (κ1) is 14.8. The van der Waals surface area contributed by atoms with Crippen LogP contribution in [0.4, 0.5) is 0 Å². The Morgan fingerprint density at radius 1 is 1.35 bits per heavy atom. The SMILES string of the molecule is CC(C(N)=S)N1CCN(CCS(C)(=O)=O)CC1. The van der Waals surface area contributed by atoms with Crippen LogP contribution in [0.15, 0.2) is 0 Å². The first-order valence-corrected chi connectivity index (χ1v) is 8.20. The topological polar surface area (TPSA) is 66.6 Å². The molecule has 1 unspecified atom stereocenters. The molecule has 0 saturated carbocycles. The lowest BCUT2D eigenvalue weighted by Crippen LogP contribution is -2.53. The van der Waals surface area contributed by atoms with Crippen molar-refractivity contribution >= 4 is 27.0 Å². The maximum Gasteiger partial charge on any atom is 0.148 e. The highest BCUT2D eigenvalue weighted by atomic mass is 32.2. The van der Waals surface area contributed by atoms with Gasteiger partial charge in [-0.05, 0) is 6.92 Å². The lowest BCUT2D eigenvalue weighted by Gasteiger charge is -2.37. The van der Waals surface area contributed by atoms with Crippen molar-refractivity contribution in [1.82, 2.24) is 9.80 Å². The van der Waals surface area contributed by atoms with Gasteiger partial charge in [-0.2, -0.15) is 0 Å². The van der Waals surface area contributed by atoms with E-state index >= 15 is 0 Å². The molecule has 0 radical (unpaired) electrons. The van der Waals surface area contributed by atoms with Crippen LogP contribution in [0.3, 0.4) is 0 Å². The molecule has 100 valence electrons. The maximum atomic E-state index is 11.1. The Balaban J connectivity index is 2.33. The standard InChI is InChI=1S/C10H21N3O2S2/c1-9(10(11)16)13-5-3-12(4-6-13)7-8-17(2,14)15/h9H,3-8H2,1-2H3,(H2,11,16). The second-order valence-corrected chi connectivity index (χ2v) is 7.32. The fourth-order valence-electron chi connectivity index (χ4n) is 1.85. The van der Waals surface area contributed by atoms with Crippen molar-refractivity contribution in [3.05, 3.63) is 0 Å². The number of hydrogen-bond acceptors (Lipinski definition) is 5. The van der Waals surface area contributed by atoms with E-state index in [1.807, 2.05) is 6.92 Å². The summed E-state index contributed by atoms with van der Waals surface area (Å²) in [5.41, 5.74) is 5.61. The molecule has 0 amide bonds. The second kappa shape index (κ2) is 6.08. The summed E-state index contributed by atoms with van der Waals surface area (Å²) in [6.07, 6.45) is 1.28. The van der Waals surface area contributed by atoms with Crippen LogP contribution in [0.2, 0.25) is 0 Å². The predicted molar refractivity (Wildman–Crippen MR) is 74.0 cm³/mol. The van der Waals surface area contributed by atoms with Gasteiger partial charge in [-0.3, -0.25) is 9.80 Å². The molecule has 1 saturated heterocycles. The number of nitrogens with two attached hydrogens (primary N) is 1. The van der Waals surface area contributed by atoms with Gasteiger partial charge in [0.15, 0.2) is 0 Å². The summed E-state index contributed by atoms with van der Waals surface area (Å²) in [6.45, 7) is 6.16. The number of thiocarbonyl (C=S) groups is 1. The molecule has 2 N–H and O–H groups in total. The van der Waals surface area contributed by atoms with E-state index in [-0.39, 0.29) is 11.8 Å². The normalized spacial score (nSPS) is 21.3. The first-order chi connectivity index (χ1) is 7.79. The second-order valence-electron chi connectivity index (χ2n) is 4.59. The zero-order chi connectivity index (χ0) is 13.1. The smallest absolute Gasteiger partial charge is 0.148 e. The van der Waals surface area contributed by atoms with Crippen LogP contribution in [0, 0.1) is 0 Å². The van der Waals surface area contributed by atoms with Crippen LogP contribution >= 0.6 is 12.2 Å². The van der Waals surface area contributed by atoms with Gasteiger partial charge in [-0.1, -0.05) is 12.2 Å². The van der Waals surface area contributed by atoms with E-state index in [1.54, 1.807) is 0 Å². The Labute approximate surface area is 109 Å². The molecule has 17 heavy (non-hydrogen) atoms. The summed E-state index contributed by atoms with van der Waals surface area (Å²) in [7, 11) is -2.86. The average Bonchev–Trinajstić information content (AvgIpc) is 2.25. The summed E-state index contributed by atoms with van der Waals surface area (Å²) in [5, 5.41) is 0. The Morgan fingerprint density at radius 3 is 2.29 bits per heavy atom. The van der Waals surface area contributed by atoms with E-state index in [1.165, 1.54) is 6.26 Å². The van der Waals surface area contributed by atoms with Crippen LogP contribution in [-0.4, -0.2) is 74.0 Å². The van der Waals surface area contributed by atoms with E-state index in [0.29, 0.717) is 11.5 Å². The molecular formula is C10H21N3O2S2. The maximum absolute atomic E-state index is 11.1. The molecule has 0 aromatic rings. The van der Waals surface area contributed by atoms with Crippen molar-refractivity contribution in [2.24, 2.45) is 5.73 Å². The van der Waals surface area contributed by atoms with Gasteiger partial charge in [0.2, 0.25) is 0 Å². The van der Waals surface area contributed by atoms with E-state index in [0.717, 1.165) is 26.2 Å². The fraction of sp³-hybridized carbons (Fsp3) is 0.900. The number of rotatable bonds is 5. The van der Waals surface area contributed by atoms with E-state index in [4.69, 9.17) is 18.0 Å². The zero-order valence-electron chi connectivity index (χ0n) is 10.4. The fourth-order valence-corrected chi connectivity index (χ4v) is 2.59. The Morgan fingerprint density at radius 2 is 1.88 bits per heavy atom. The van der Waals surface area contributed by atoms with Crippen molar-refractivity contribution < 1.29 is 8.42 Å². The lowest BCUT2D eigenvalue weighted by molar-refractivity contribution is 0.128. The van der Waals surface area contributed by atoms with Crippen LogP contribution in [0.1, 0.15) is 6.92 Å². The minimum atomic E-state index is -2.86. The zero-order valence-corrected chi connectivity index (χ0v) is 12.1. The van der Waals surface area contributed by atoms with E-state index < -0.39 is 9.84 Å². The summed E-state index contributed by atoms with van der Waals surface area (Å²) in [5.74, 6) is 0.234. The lowest BCUT2D eigenvalue weighted by atomic mass is 10.2. The van der Waals surface area contributed by atoms with Crippen molar-refractivity contribution in [2.75, 3.05) is 44.7 Å². The summed E-state index contributed by atoms with van der Waals surface area (Å²) >= 11 is 4.97. The molecular weight excluding hydrogens is 258 g/mol. The van der Waals surface area contributed by atoms with Crippen LogP contribution in [0.5, 0.6) is 0 Å². The Hall–Kier alpha value is -0.240. The van der Waals surface area contributed by atoms with Crippen molar-refractivity contribution in [2.45, 2.75) is 13.0 Å². The molecule has 1 fully saturated rings. The highest BCUT2D eigenvalue weighted by Gasteiger charge is 2.22. The van der Waals surface area contributed by atoms with Gasteiger partial charge in [0.25, 0.3) is 0 Å². The van der Waals surface area contributed by atoms with Gasteiger partial charge in [0.1, 0.15) is 9.84 Å². The van der Waals surface area contributed by atoms with Gasteiger partial charge >= 0.3 is 0 Å². The largest absolute Gasteiger partial charge is 0.392 e. The van der Waals surface area contributed by atoms with Crippen molar-refractivity contribution in [3.8, 4) is 0 Å². The quantitative estimate of drug-likeness (QED) is 0.673. The van der Waals surface area contributed by atoms with Gasteiger partial charge in [-0.15, -0.1) is 0 Å². The number of nitrogens with zero attached hydrogens (tertiary/aromatic N) is 2.